The summed E-state index contributed by atoms with van der Waals surface area (Å²) in [6.45, 7) is 4.18. The first-order valence-electron chi connectivity index (χ1n) is 4.26. The van der Waals surface area contributed by atoms with Gasteiger partial charge in [-0.25, -0.2) is 0 Å². The van der Waals surface area contributed by atoms with Crippen LogP contribution in [0.3, 0.4) is 0 Å². The van der Waals surface area contributed by atoms with Gasteiger partial charge in [-0.05, 0) is 18.8 Å². The molecular weight excluding hydrogens is 138 g/mol. The molecule has 0 aliphatic carbocycles. The zero-order valence-corrected chi connectivity index (χ0v) is 7.16. The standard InChI is InChI=1S/C9H15NO/c1-3-9-8(6-11)4-7(2)5-10-9/h5-9H,3-4H2,1-2H3. The lowest BCUT2D eigenvalue weighted by Gasteiger charge is -2.24. The van der Waals surface area contributed by atoms with Crippen LogP contribution in [-0.4, -0.2) is 18.5 Å². The van der Waals surface area contributed by atoms with Crippen LogP contribution in [0.4, 0.5) is 0 Å². The van der Waals surface area contributed by atoms with E-state index in [1.54, 1.807) is 0 Å². The minimum absolute atomic E-state index is 0.167. The Morgan fingerprint density at radius 1 is 1.73 bits per heavy atom. The third kappa shape index (κ3) is 1.88. The molecule has 1 heterocycles. The maximum Gasteiger partial charge on any atom is 0.125 e. The topological polar surface area (TPSA) is 29.4 Å². The van der Waals surface area contributed by atoms with Crippen LogP contribution in [-0.2, 0) is 4.79 Å². The van der Waals surface area contributed by atoms with Gasteiger partial charge >= 0.3 is 0 Å². The number of aldehydes is 1. The largest absolute Gasteiger partial charge is 0.303 e. The molecular formula is C9H15NO. The predicted octanol–water partition coefficient (Wildman–Crippen LogP) is 1.69. The van der Waals surface area contributed by atoms with Crippen molar-refractivity contribution in [3.63, 3.8) is 0 Å². The van der Waals surface area contributed by atoms with E-state index in [1.807, 2.05) is 6.21 Å². The van der Waals surface area contributed by atoms with Crippen LogP contribution in [0.2, 0.25) is 0 Å². The first-order chi connectivity index (χ1) is 5.27. The second kappa shape index (κ2) is 3.65. The van der Waals surface area contributed by atoms with Gasteiger partial charge in [-0.3, -0.25) is 4.99 Å². The lowest BCUT2D eigenvalue weighted by atomic mass is 9.87. The van der Waals surface area contributed by atoms with E-state index in [9.17, 15) is 4.79 Å². The molecule has 0 N–H and O–H groups in total. The SMILES string of the molecule is CCC1N=CC(C)CC1C=O. The average Bonchev–Trinajstić information content (AvgIpc) is 2.04. The fourth-order valence-corrected chi connectivity index (χ4v) is 1.57. The number of aliphatic imine (C=N–C) groups is 1. The van der Waals surface area contributed by atoms with Gasteiger partial charge in [0.15, 0.2) is 0 Å². The van der Waals surface area contributed by atoms with Crippen LogP contribution in [0.15, 0.2) is 4.99 Å². The summed E-state index contributed by atoms with van der Waals surface area (Å²) in [7, 11) is 0. The van der Waals surface area contributed by atoms with Crippen LogP contribution < -0.4 is 0 Å². The average molecular weight is 153 g/mol. The second-order valence-corrected chi connectivity index (χ2v) is 3.29. The molecule has 0 fully saturated rings. The van der Waals surface area contributed by atoms with E-state index < -0.39 is 0 Å². The Bertz CT molecular complexity index is 165. The van der Waals surface area contributed by atoms with Crippen molar-refractivity contribution in [2.75, 3.05) is 0 Å². The van der Waals surface area contributed by atoms with Gasteiger partial charge < -0.3 is 4.79 Å². The lowest BCUT2D eigenvalue weighted by molar-refractivity contribution is -0.112. The zero-order valence-electron chi connectivity index (χ0n) is 7.16. The van der Waals surface area contributed by atoms with Crippen molar-refractivity contribution in [1.29, 1.82) is 0 Å². The van der Waals surface area contributed by atoms with E-state index in [1.165, 1.54) is 0 Å². The molecule has 1 rings (SSSR count). The predicted molar refractivity (Wildman–Crippen MR) is 45.9 cm³/mol. The molecule has 1 aliphatic rings. The Labute approximate surface area is 67.7 Å². The van der Waals surface area contributed by atoms with Gasteiger partial charge in [-0.15, -0.1) is 0 Å². The van der Waals surface area contributed by atoms with Gasteiger partial charge in [0, 0.05) is 12.1 Å². The number of carbonyl (C=O) groups is 1. The quantitative estimate of drug-likeness (QED) is 0.555. The molecule has 0 aromatic rings. The van der Waals surface area contributed by atoms with Crippen molar-refractivity contribution in [2.24, 2.45) is 16.8 Å². The summed E-state index contributed by atoms with van der Waals surface area (Å²) >= 11 is 0. The smallest absolute Gasteiger partial charge is 0.125 e. The molecule has 0 radical (unpaired) electrons. The highest BCUT2D eigenvalue weighted by Crippen LogP contribution is 2.22. The van der Waals surface area contributed by atoms with Crippen molar-refractivity contribution in [3.8, 4) is 0 Å². The third-order valence-electron chi connectivity index (χ3n) is 2.26. The maximum atomic E-state index is 10.6. The number of carbonyl (C=O) groups excluding carboxylic acids is 1. The molecule has 3 atom stereocenters. The van der Waals surface area contributed by atoms with E-state index in [-0.39, 0.29) is 12.0 Å². The van der Waals surface area contributed by atoms with E-state index in [4.69, 9.17) is 0 Å². The Balaban J connectivity index is 2.63. The normalized spacial score (nSPS) is 37.1. The van der Waals surface area contributed by atoms with Crippen LogP contribution in [0.25, 0.3) is 0 Å². The molecule has 2 nitrogen and oxygen atoms in total. The minimum Gasteiger partial charge on any atom is -0.303 e. The zero-order chi connectivity index (χ0) is 8.27. The number of nitrogens with zero attached hydrogens (tertiary/aromatic N) is 1. The Kier molecular flexibility index (Phi) is 2.80. The molecule has 0 saturated heterocycles. The van der Waals surface area contributed by atoms with Gasteiger partial charge in [0.25, 0.3) is 0 Å². The second-order valence-electron chi connectivity index (χ2n) is 3.29. The maximum absolute atomic E-state index is 10.6. The molecule has 11 heavy (non-hydrogen) atoms. The summed E-state index contributed by atoms with van der Waals surface area (Å²) in [6.07, 6.45) is 4.99. The number of hydrogen-bond donors (Lipinski definition) is 0. The van der Waals surface area contributed by atoms with Crippen molar-refractivity contribution >= 4 is 12.5 Å². The molecule has 0 spiro atoms. The van der Waals surface area contributed by atoms with Gasteiger partial charge in [-0.1, -0.05) is 13.8 Å². The van der Waals surface area contributed by atoms with E-state index in [2.05, 4.69) is 18.8 Å². The highest BCUT2D eigenvalue weighted by molar-refractivity contribution is 5.65. The van der Waals surface area contributed by atoms with Gasteiger partial charge in [0.05, 0.1) is 6.04 Å². The molecule has 0 saturated carbocycles. The van der Waals surface area contributed by atoms with Crippen LogP contribution in [0, 0.1) is 11.8 Å². The molecule has 62 valence electrons. The van der Waals surface area contributed by atoms with Crippen molar-refractivity contribution in [3.05, 3.63) is 0 Å². The first kappa shape index (κ1) is 8.44. The van der Waals surface area contributed by atoms with Gasteiger partial charge in [0.2, 0.25) is 0 Å². The van der Waals surface area contributed by atoms with Crippen molar-refractivity contribution < 1.29 is 4.79 Å². The first-order valence-corrected chi connectivity index (χ1v) is 4.26. The van der Waals surface area contributed by atoms with E-state index >= 15 is 0 Å². The summed E-state index contributed by atoms with van der Waals surface area (Å²) in [6, 6.07) is 0.253. The summed E-state index contributed by atoms with van der Waals surface area (Å²) in [5, 5.41) is 0. The lowest BCUT2D eigenvalue weighted by Crippen LogP contribution is -2.26. The fraction of sp³-hybridized carbons (Fsp3) is 0.778. The minimum atomic E-state index is 0.167. The van der Waals surface area contributed by atoms with E-state index in [0.29, 0.717) is 5.92 Å². The number of rotatable bonds is 2. The Hall–Kier alpha value is -0.660. The summed E-state index contributed by atoms with van der Waals surface area (Å²) < 4.78 is 0. The van der Waals surface area contributed by atoms with Crippen molar-refractivity contribution in [1.82, 2.24) is 0 Å². The van der Waals surface area contributed by atoms with Gasteiger partial charge in [0.1, 0.15) is 6.29 Å². The fourth-order valence-electron chi connectivity index (χ4n) is 1.57. The van der Waals surface area contributed by atoms with Crippen LogP contribution in [0.5, 0.6) is 0 Å². The summed E-state index contributed by atoms with van der Waals surface area (Å²) in [5.74, 6) is 0.646. The molecule has 0 aromatic heterocycles. The van der Waals surface area contributed by atoms with Crippen LogP contribution in [0.1, 0.15) is 26.7 Å². The van der Waals surface area contributed by atoms with Crippen LogP contribution >= 0.6 is 0 Å². The molecule has 0 aromatic carbocycles. The summed E-state index contributed by atoms with van der Waals surface area (Å²) in [5.41, 5.74) is 0. The molecule has 0 bridgehead atoms. The molecule has 0 amide bonds. The highest BCUT2D eigenvalue weighted by atomic mass is 16.1. The van der Waals surface area contributed by atoms with Gasteiger partial charge in [-0.2, -0.15) is 0 Å². The monoisotopic (exact) mass is 153 g/mol. The highest BCUT2D eigenvalue weighted by Gasteiger charge is 2.23. The number of hydrogen-bond acceptors (Lipinski definition) is 2. The molecule has 2 heteroatoms. The summed E-state index contributed by atoms with van der Waals surface area (Å²) in [4.78, 5) is 14.9. The molecule has 3 unspecified atom stereocenters. The third-order valence-corrected chi connectivity index (χ3v) is 2.26. The Morgan fingerprint density at radius 2 is 2.45 bits per heavy atom. The van der Waals surface area contributed by atoms with Crippen molar-refractivity contribution in [2.45, 2.75) is 32.7 Å². The molecule has 1 aliphatic heterocycles. The Morgan fingerprint density at radius 3 is 3.00 bits per heavy atom. The van der Waals surface area contributed by atoms with E-state index in [0.717, 1.165) is 19.1 Å².